The summed E-state index contributed by atoms with van der Waals surface area (Å²) in [7, 11) is 0. The van der Waals surface area contributed by atoms with Crippen LogP contribution in [-0.2, 0) is 4.79 Å². The number of rotatable bonds is 1. The van der Waals surface area contributed by atoms with Crippen molar-refractivity contribution < 1.29 is 4.79 Å². The third-order valence-electron chi connectivity index (χ3n) is 3.21. The molecule has 0 radical (unpaired) electrons. The second-order valence-electron chi connectivity index (χ2n) is 4.79. The monoisotopic (exact) mass is 182 g/mol. The van der Waals surface area contributed by atoms with E-state index in [2.05, 4.69) is 17.6 Å². The van der Waals surface area contributed by atoms with Crippen LogP contribution < -0.4 is 10.6 Å². The maximum atomic E-state index is 11.0. The average Bonchev–Trinajstić information content (AvgIpc) is 2.27. The largest absolute Gasteiger partial charge is 0.351 e. The van der Waals surface area contributed by atoms with Crippen LogP contribution in [0.1, 0.15) is 39.5 Å². The number of hydrogen-bond donors (Lipinski definition) is 2. The van der Waals surface area contributed by atoms with Crippen molar-refractivity contribution in [3.05, 3.63) is 0 Å². The van der Waals surface area contributed by atoms with E-state index < -0.39 is 0 Å². The lowest BCUT2D eigenvalue weighted by Gasteiger charge is -2.38. The van der Waals surface area contributed by atoms with Crippen LogP contribution in [0.3, 0.4) is 0 Å². The van der Waals surface area contributed by atoms with E-state index in [-0.39, 0.29) is 11.4 Å². The second-order valence-corrected chi connectivity index (χ2v) is 4.79. The Morgan fingerprint density at radius 1 is 1.38 bits per heavy atom. The first kappa shape index (κ1) is 9.00. The zero-order valence-corrected chi connectivity index (χ0v) is 8.39. The molecule has 0 aromatic carbocycles. The first-order valence-electron chi connectivity index (χ1n) is 5.12. The Balaban J connectivity index is 2.03. The zero-order chi connectivity index (χ0) is 9.47. The molecule has 0 saturated carbocycles. The second kappa shape index (κ2) is 2.98. The number of carbonyl (C=O) groups is 1. The van der Waals surface area contributed by atoms with E-state index in [0.717, 1.165) is 12.8 Å². The molecule has 0 aromatic heterocycles. The van der Waals surface area contributed by atoms with Gasteiger partial charge in [0.25, 0.3) is 0 Å². The highest BCUT2D eigenvalue weighted by Crippen LogP contribution is 2.33. The molecule has 2 aliphatic heterocycles. The number of piperidine rings is 1. The van der Waals surface area contributed by atoms with E-state index in [0.29, 0.717) is 12.1 Å². The molecule has 3 heteroatoms. The summed E-state index contributed by atoms with van der Waals surface area (Å²) in [6.45, 7) is 3.77. The number of hydrogen-bond acceptors (Lipinski definition) is 2. The Kier molecular flexibility index (Phi) is 2.06. The lowest BCUT2D eigenvalue weighted by molar-refractivity contribution is -0.121. The van der Waals surface area contributed by atoms with Crippen molar-refractivity contribution in [1.82, 2.24) is 10.6 Å². The van der Waals surface area contributed by atoms with Crippen molar-refractivity contribution in [2.45, 2.75) is 57.2 Å². The molecule has 2 heterocycles. The lowest BCUT2D eigenvalue weighted by Crippen LogP contribution is -2.55. The van der Waals surface area contributed by atoms with Gasteiger partial charge >= 0.3 is 0 Å². The molecule has 2 N–H and O–H groups in total. The summed E-state index contributed by atoms with van der Waals surface area (Å²) < 4.78 is 0. The molecule has 1 amide bonds. The van der Waals surface area contributed by atoms with Crippen LogP contribution in [0.25, 0.3) is 0 Å². The quantitative estimate of drug-likeness (QED) is 0.629. The summed E-state index contributed by atoms with van der Waals surface area (Å²) in [5, 5.41) is 6.65. The van der Waals surface area contributed by atoms with Crippen LogP contribution in [-0.4, -0.2) is 23.5 Å². The molecule has 2 bridgehead atoms. The van der Waals surface area contributed by atoms with Gasteiger partial charge in [0, 0.05) is 24.5 Å². The molecule has 2 fully saturated rings. The van der Waals surface area contributed by atoms with Gasteiger partial charge in [-0.1, -0.05) is 0 Å². The standard InChI is InChI=1S/C10H18N2O/c1-7(13)12-10(2)5-8-3-4-9(6-10)11-8/h8-9,11H,3-6H2,1-2H3,(H,12,13). The van der Waals surface area contributed by atoms with Crippen molar-refractivity contribution in [3.63, 3.8) is 0 Å². The lowest BCUT2D eigenvalue weighted by atomic mass is 9.86. The van der Waals surface area contributed by atoms with E-state index in [1.165, 1.54) is 12.8 Å². The molecule has 2 aliphatic rings. The molecule has 0 aliphatic carbocycles. The normalized spacial score (nSPS) is 43.2. The smallest absolute Gasteiger partial charge is 0.217 e. The van der Waals surface area contributed by atoms with Gasteiger partial charge in [0.05, 0.1) is 0 Å². The minimum absolute atomic E-state index is 0.0446. The van der Waals surface area contributed by atoms with Gasteiger partial charge in [-0.15, -0.1) is 0 Å². The van der Waals surface area contributed by atoms with E-state index in [1.54, 1.807) is 6.92 Å². The molecule has 2 atom stereocenters. The summed E-state index contributed by atoms with van der Waals surface area (Å²) in [5.74, 6) is 0.101. The van der Waals surface area contributed by atoms with Crippen LogP contribution >= 0.6 is 0 Å². The van der Waals surface area contributed by atoms with Crippen LogP contribution in [0.2, 0.25) is 0 Å². The Labute approximate surface area is 79.3 Å². The predicted octanol–water partition coefficient (Wildman–Crippen LogP) is 0.796. The van der Waals surface area contributed by atoms with E-state index in [9.17, 15) is 4.79 Å². The first-order chi connectivity index (χ1) is 6.07. The van der Waals surface area contributed by atoms with Crippen molar-refractivity contribution >= 4 is 5.91 Å². The van der Waals surface area contributed by atoms with Crippen molar-refractivity contribution in [3.8, 4) is 0 Å². The number of nitrogens with one attached hydrogen (secondary N) is 2. The summed E-state index contributed by atoms with van der Waals surface area (Å²) in [6.07, 6.45) is 4.73. The van der Waals surface area contributed by atoms with E-state index in [4.69, 9.17) is 0 Å². The fourth-order valence-electron chi connectivity index (χ4n) is 2.92. The van der Waals surface area contributed by atoms with Crippen molar-refractivity contribution in [2.75, 3.05) is 0 Å². The topological polar surface area (TPSA) is 41.1 Å². The Bertz CT molecular complexity index is 215. The summed E-state index contributed by atoms with van der Waals surface area (Å²) in [6, 6.07) is 1.27. The Hall–Kier alpha value is -0.570. The maximum absolute atomic E-state index is 11.0. The van der Waals surface area contributed by atoms with Gasteiger partial charge in [-0.05, 0) is 32.6 Å². The molecule has 3 nitrogen and oxygen atoms in total. The molecular weight excluding hydrogens is 164 g/mol. The molecule has 2 rings (SSSR count). The molecule has 13 heavy (non-hydrogen) atoms. The van der Waals surface area contributed by atoms with Crippen LogP contribution in [0.5, 0.6) is 0 Å². The molecule has 2 unspecified atom stereocenters. The van der Waals surface area contributed by atoms with Gasteiger partial charge in [0.1, 0.15) is 0 Å². The van der Waals surface area contributed by atoms with Gasteiger partial charge in [-0.25, -0.2) is 0 Å². The maximum Gasteiger partial charge on any atom is 0.217 e. The van der Waals surface area contributed by atoms with E-state index in [1.807, 2.05) is 0 Å². The summed E-state index contributed by atoms with van der Waals surface area (Å²) in [4.78, 5) is 11.0. The van der Waals surface area contributed by atoms with Crippen LogP contribution in [0, 0.1) is 0 Å². The minimum Gasteiger partial charge on any atom is -0.351 e. The van der Waals surface area contributed by atoms with Gasteiger partial charge in [-0.3, -0.25) is 4.79 Å². The van der Waals surface area contributed by atoms with E-state index >= 15 is 0 Å². The van der Waals surface area contributed by atoms with Crippen molar-refractivity contribution in [1.29, 1.82) is 0 Å². The number of fused-ring (bicyclic) bond motifs is 2. The number of carbonyl (C=O) groups excluding carboxylic acids is 1. The molecular formula is C10H18N2O. The van der Waals surface area contributed by atoms with Gasteiger partial charge in [0.15, 0.2) is 0 Å². The first-order valence-corrected chi connectivity index (χ1v) is 5.12. The average molecular weight is 182 g/mol. The fourth-order valence-corrected chi connectivity index (χ4v) is 2.92. The zero-order valence-electron chi connectivity index (χ0n) is 8.39. The van der Waals surface area contributed by atoms with Crippen LogP contribution in [0.4, 0.5) is 0 Å². The third kappa shape index (κ3) is 1.85. The van der Waals surface area contributed by atoms with Crippen molar-refractivity contribution in [2.24, 2.45) is 0 Å². The van der Waals surface area contributed by atoms with Crippen LogP contribution in [0.15, 0.2) is 0 Å². The molecule has 0 aromatic rings. The molecule has 74 valence electrons. The highest BCUT2D eigenvalue weighted by molar-refractivity contribution is 5.73. The number of amides is 1. The van der Waals surface area contributed by atoms with Gasteiger partial charge < -0.3 is 10.6 Å². The van der Waals surface area contributed by atoms with Gasteiger partial charge in [-0.2, -0.15) is 0 Å². The highest BCUT2D eigenvalue weighted by atomic mass is 16.1. The highest BCUT2D eigenvalue weighted by Gasteiger charge is 2.40. The molecule has 0 spiro atoms. The summed E-state index contributed by atoms with van der Waals surface area (Å²) in [5.41, 5.74) is 0.0446. The Morgan fingerprint density at radius 3 is 2.38 bits per heavy atom. The summed E-state index contributed by atoms with van der Waals surface area (Å²) >= 11 is 0. The minimum atomic E-state index is 0.0446. The van der Waals surface area contributed by atoms with Gasteiger partial charge in [0.2, 0.25) is 5.91 Å². The SMILES string of the molecule is CC(=O)NC1(C)CC2CCC(C1)N2. The Morgan fingerprint density at radius 2 is 1.92 bits per heavy atom. The third-order valence-corrected chi connectivity index (χ3v) is 3.21. The predicted molar refractivity (Wildman–Crippen MR) is 51.4 cm³/mol. The fraction of sp³-hybridized carbons (Fsp3) is 0.900. The molecule has 2 saturated heterocycles.